The van der Waals surface area contributed by atoms with Crippen LogP contribution in [0.2, 0.25) is 0 Å². The first-order valence-corrected chi connectivity index (χ1v) is 20.1. The lowest BCUT2D eigenvalue weighted by Gasteiger charge is -2.24. The number of nitrogens with one attached hydrogen (secondary N) is 2. The van der Waals surface area contributed by atoms with E-state index in [-0.39, 0.29) is 37.9 Å². The van der Waals surface area contributed by atoms with Gasteiger partial charge in [-0.05, 0) is 6.26 Å². The van der Waals surface area contributed by atoms with Crippen molar-refractivity contribution in [1.82, 2.24) is 19.5 Å². The van der Waals surface area contributed by atoms with Crippen LogP contribution in [0.1, 0.15) is 21.5 Å². The Balaban J connectivity index is 1.62. The van der Waals surface area contributed by atoms with Gasteiger partial charge < -0.3 is 54.6 Å². The van der Waals surface area contributed by atoms with Crippen molar-refractivity contribution in [2.75, 3.05) is 44.7 Å². The van der Waals surface area contributed by atoms with E-state index in [0.717, 1.165) is 30.2 Å². The molecule has 3 aromatic heterocycles. The van der Waals surface area contributed by atoms with E-state index in [9.17, 15) is 38.3 Å². The lowest BCUT2D eigenvalue weighted by Crippen LogP contribution is -2.39. The SMILES string of the molecule is COC(=O)c1sc(SC)c(C#N)c1NC(=O)COC1C(COP(=O)(O)OP(=O)(O)OP(=O)(O)O)OC(n2cnc3c(=S)nc(N)[nH]c32)C1OC. The number of ether oxygens (including phenoxy) is 4. The summed E-state index contributed by atoms with van der Waals surface area (Å²) < 4.78 is 71.6. The fourth-order valence-corrected chi connectivity index (χ4v) is 9.56. The number of carbonyl (C=O) groups excluding carboxylic acids is 2. The molecule has 274 valence electrons. The number of aromatic amines is 1. The number of imidazole rings is 1. The number of H-pyrrole nitrogens is 1. The van der Waals surface area contributed by atoms with E-state index >= 15 is 0 Å². The molecule has 6 atom stereocenters. The standard InChI is InChI=1S/C21H26N7O16P3S3/c1-38-14-13(40-6-10(29)25-11-8(4-22)20(49-3)50-15(11)19(30)39-2)9(5-41-46(34,35)44-47(36,37)43-45(31,32)33)42-18(14)28-7-24-12-16(28)26-21(23)27-17(12)48/h7,9,13-14,18H,5-6H2,1-3H3,(H,25,29)(H,34,35)(H,36,37)(H2,31,32,33)(H3,23,26,27,48). The third kappa shape index (κ3) is 9.41. The number of nitrogen functional groups attached to an aromatic ring is 1. The first kappa shape index (κ1) is 40.1. The number of aromatic nitrogens is 4. The normalized spacial score (nSPS) is 21.7. The third-order valence-corrected chi connectivity index (χ3v) is 12.7. The second-order valence-corrected chi connectivity index (χ2v) is 16.4. The van der Waals surface area contributed by atoms with Crippen molar-refractivity contribution in [3.05, 3.63) is 21.4 Å². The van der Waals surface area contributed by atoms with Gasteiger partial charge in [-0.15, -0.1) is 23.1 Å². The zero-order valence-electron chi connectivity index (χ0n) is 25.4. The summed E-state index contributed by atoms with van der Waals surface area (Å²) in [6.07, 6.45) is -2.32. The van der Waals surface area contributed by atoms with Gasteiger partial charge in [-0.2, -0.15) is 13.9 Å². The number of anilines is 2. The number of hydrogen-bond acceptors (Lipinski definition) is 19. The minimum absolute atomic E-state index is 0.00210. The molecule has 4 rings (SSSR count). The molecule has 4 heterocycles. The Morgan fingerprint density at radius 3 is 2.52 bits per heavy atom. The van der Waals surface area contributed by atoms with Crippen LogP contribution < -0.4 is 11.1 Å². The maximum atomic E-state index is 13.1. The van der Waals surface area contributed by atoms with E-state index in [1.54, 1.807) is 6.26 Å². The Morgan fingerprint density at radius 2 is 1.92 bits per heavy atom. The van der Waals surface area contributed by atoms with Crippen LogP contribution in [0.25, 0.3) is 11.2 Å². The molecule has 1 fully saturated rings. The summed E-state index contributed by atoms with van der Waals surface area (Å²) in [5.41, 5.74) is 6.08. The molecule has 1 amide bonds. The molecule has 6 unspecified atom stereocenters. The molecule has 29 heteroatoms. The molecule has 0 aromatic carbocycles. The van der Waals surface area contributed by atoms with Gasteiger partial charge in [-0.25, -0.2) is 28.5 Å². The zero-order valence-corrected chi connectivity index (χ0v) is 30.6. The number of nitriles is 1. The summed E-state index contributed by atoms with van der Waals surface area (Å²) >= 11 is 7.28. The fourth-order valence-electron chi connectivity index (χ4n) is 4.49. The molecular formula is C21H26N7O16P3S3. The highest BCUT2D eigenvalue weighted by Crippen LogP contribution is 2.66. The topological polar surface area (TPSA) is 339 Å². The number of methoxy groups -OCH3 is 2. The minimum Gasteiger partial charge on any atom is -0.465 e. The highest BCUT2D eigenvalue weighted by atomic mass is 32.2. The molecule has 23 nitrogen and oxygen atoms in total. The Kier molecular flexibility index (Phi) is 12.8. The third-order valence-electron chi connectivity index (χ3n) is 6.33. The number of nitrogens with two attached hydrogens (primary N) is 1. The van der Waals surface area contributed by atoms with Crippen molar-refractivity contribution in [3.8, 4) is 6.07 Å². The molecule has 0 aliphatic carbocycles. The summed E-state index contributed by atoms with van der Waals surface area (Å²) in [5, 5.41) is 12.1. The maximum Gasteiger partial charge on any atom is 0.490 e. The summed E-state index contributed by atoms with van der Waals surface area (Å²) in [7, 11) is -14.8. The van der Waals surface area contributed by atoms with Gasteiger partial charge in [0.2, 0.25) is 5.91 Å². The number of phosphoric ester groups is 1. The first-order chi connectivity index (χ1) is 23.3. The number of amides is 1. The molecule has 50 heavy (non-hydrogen) atoms. The molecule has 0 radical (unpaired) electrons. The van der Waals surface area contributed by atoms with Crippen LogP contribution in [-0.2, 0) is 50.6 Å². The number of nitrogens with zero attached hydrogens (tertiary/aromatic N) is 4. The van der Waals surface area contributed by atoms with Crippen molar-refractivity contribution in [2.24, 2.45) is 0 Å². The number of esters is 1. The molecule has 0 saturated carbocycles. The predicted molar refractivity (Wildman–Crippen MR) is 172 cm³/mol. The Hall–Kier alpha value is -2.66. The number of hydrogen-bond donors (Lipinski definition) is 7. The van der Waals surface area contributed by atoms with Crippen LogP contribution in [-0.4, -0.2) is 103 Å². The van der Waals surface area contributed by atoms with E-state index in [0.29, 0.717) is 4.21 Å². The molecule has 0 spiro atoms. The van der Waals surface area contributed by atoms with Gasteiger partial charge in [0.15, 0.2) is 16.8 Å². The predicted octanol–water partition coefficient (Wildman–Crippen LogP) is 1.79. The number of thioether (sulfide) groups is 1. The summed E-state index contributed by atoms with van der Waals surface area (Å²) in [6.45, 7) is -1.79. The van der Waals surface area contributed by atoms with Gasteiger partial charge in [0.05, 0.1) is 29.9 Å². The van der Waals surface area contributed by atoms with Gasteiger partial charge >= 0.3 is 29.4 Å². The molecule has 1 saturated heterocycles. The monoisotopic (exact) mass is 821 g/mol. The lowest BCUT2D eigenvalue weighted by atomic mass is 10.1. The summed E-state index contributed by atoms with van der Waals surface area (Å²) in [6, 6.07) is 1.93. The van der Waals surface area contributed by atoms with E-state index in [2.05, 4.69) is 28.9 Å². The van der Waals surface area contributed by atoms with Crippen LogP contribution in [0.3, 0.4) is 0 Å². The molecule has 3 aromatic rings. The van der Waals surface area contributed by atoms with Crippen molar-refractivity contribution in [3.63, 3.8) is 0 Å². The number of phosphoric acid groups is 3. The number of fused-ring (bicyclic) bond motifs is 1. The van der Waals surface area contributed by atoms with Crippen LogP contribution in [0, 0.1) is 16.0 Å². The molecule has 1 aliphatic heterocycles. The Bertz CT molecular complexity index is 2030. The average Bonchev–Trinajstić information content (AvgIpc) is 3.69. The maximum absolute atomic E-state index is 13.1. The van der Waals surface area contributed by atoms with E-state index in [1.807, 2.05) is 6.07 Å². The Morgan fingerprint density at radius 1 is 1.22 bits per heavy atom. The molecular weight excluding hydrogens is 795 g/mol. The van der Waals surface area contributed by atoms with Crippen LogP contribution >= 0.6 is 58.8 Å². The zero-order chi connectivity index (χ0) is 37.2. The van der Waals surface area contributed by atoms with Crippen molar-refractivity contribution >= 4 is 93.5 Å². The quantitative estimate of drug-likeness (QED) is 0.0497. The lowest BCUT2D eigenvalue weighted by molar-refractivity contribution is -0.127. The van der Waals surface area contributed by atoms with Crippen LogP contribution in [0.5, 0.6) is 0 Å². The largest absolute Gasteiger partial charge is 0.490 e. The molecule has 0 bridgehead atoms. The van der Waals surface area contributed by atoms with E-state index in [4.69, 9.17) is 51.2 Å². The molecule has 8 N–H and O–H groups in total. The highest BCUT2D eigenvalue weighted by Gasteiger charge is 2.49. The van der Waals surface area contributed by atoms with Gasteiger partial charge in [0, 0.05) is 7.11 Å². The van der Waals surface area contributed by atoms with Gasteiger partial charge in [-0.1, -0.05) is 12.2 Å². The van der Waals surface area contributed by atoms with Crippen LogP contribution in [0.15, 0.2) is 10.5 Å². The minimum atomic E-state index is -5.85. The number of carbonyl (C=O) groups is 2. The summed E-state index contributed by atoms with van der Waals surface area (Å²) in [5.74, 6) is -1.78. The smallest absolute Gasteiger partial charge is 0.465 e. The Labute approximate surface area is 293 Å². The number of thiophene rings is 1. The van der Waals surface area contributed by atoms with Crippen molar-refractivity contribution < 1.29 is 75.0 Å². The summed E-state index contributed by atoms with van der Waals surface area (Å²) in [4.78, 5) is 73.5. The van der Waals surface area contributed by atoms with E-state index < -0.39 is 73.1 Å². The van der Waals surface area contributed by atoms with Gasteiger partial charge in [0.1, 0.15) is 52.6 Å². The fraction of sp³-hybridized carbons (Fsp3) is 0.429. The average molecular weight is 822 g/mol. The van der Waals surface area contributed by atoms with Crippen molar-refractivity contribution in [2.45, 2.75) is 28.7 Å². The van der Waals surface area contributed by atoms with E-state index in [1.165, 1.54) is 18.0 Å². The first-order valence-electron chi connectivity index (χ1n) is 13.1. The second kappa shape index (κ2) is 15.9. The van der Waals surface area contributed by atoms with Crippen molar-refractivity contribution in [1.29, 1.82) is 5.26 Å². The van der Waals surface area contributed by atoms with Gasteiger partial charge in [-0.3, -0.25) is 13.9 Å². The highest BCUT2D eigenvalue weighted by molar-refractivity contribution is 8.00. The number of rotatable bonds is 15. The second-order valence-electron chi connectivity index (χ2n) is 9.53. The van der Waals surface area contributed by atoms with Crippen LogP contribution in [0.4, 0.5) is 11.6 Å². The molecule has 1 aliphatic rings. The van der Waals surface area contributed by atoms with Gasteiger partial charge in [0.25, 0.3) is 0 Å².